The first-order valence-corrected chi connectivity index (χ1v) is 5.83. The molecule has 0 radical (unpaired) electrons. The van der Waals surface area contributed by atoms with Gasteiger partial charge < -0.3 is 9.29 Å². The quantitative estimate of drug-likeness (QED) is 0.500. The Balaban J connectivity index is 3.69. The largest absolute Gasteiger partial charge is 0.772 e. The highest BCUT2D eigenvalue weighted by molar-refractivity contribution is 7.79. The highest BCUT2D eigenvalue weighted by Crippen LogP contribution is 2.19. The van der Waals surface area contributed by atoms with E-state index in [2.05, 4.69) is 0 Å². The van der Waals surface area contributed by atoms with Gasteiger partial charge in [0.25, 0.3) is 0 Å². The standard InChI is InChI=1S/C9H18O4S/c1-4-9(2,3)7-13-8(10)5-6-14(11)12/h4-7H2,1-3H3,(H,11,12)/p-1. The van der Waals surface area contributed by atoms with Crippen molar-refractivity contribution in [3.05, 3.63) is 0 Å². The van der Waals surface area contributed by atoms with Gasteiger partial charge in [-0.05, 0) is 11.8 Å². The monoisotopic (exact) mass is 221 g/mol. The summed E-state index contributed by atoms with van der Waals surface area (Å²) in [7, 11) is 0. The van der Waals surface area contributed by atoms with Crippen molar-refractivity contribution < 1.29 is 18.3 Å². The Morgan fingerprint density at radius 3 is 2.50 bits per heavy atom. The van der Waals surface area contributed by atoms with Crippen molar-refractivity contribution in [2.75, 3.05) is 12.4 Å². The fourth-order valence-electron chi connectivity index (χ4n) is 0.617. The molecule has 0 fully saturated rings. The average Bonchev–Trinajstić information content (AvgIpc) is 2.11. The molecule has 84 valence electrons. The summed E-state index contributed by atoms with van der Waals surface area (Å²) in [5.41, 5.74) is -0.0354. The molecule has 0 aromatic rings. The topological polar surface area (TPSA) is 66.4 Å². The molecule has 1 unspecified atom stereocenters. The SMILES string of the molecule is CCC(C)(C)COC(=O)CCS(=O)[O-]. The summed E-state index contributed by atoms with van der Waals surface area (Å²) in [6.07, 6.45) is 0.851. The van der Waals surface area contributed by atoms with Crippen LogP contribution in [0.3, 0.4) is 0 Å². The van der Waals surface area contributed by atoms with Gasteiger partial charge >= 0.3 is 5.97 Å². The molecule has 0 N–H and O–H groups in total. The normalized spacial score (nSPS) is 13.7. The van der Waals surface area contributed by atoms with Gasteiger partial charge in [0.05, 0.1) is 13.0 Å². The lowest BCUT2D eigenvalue weighted by Crippen LogP contribution is -2.21. The summed E-state index contributed by atoms with van der Waals surface area (Å²) in [4.78, 5) is 11.0. The summed E-state index contributed by atoms with van der Waals surface area (Å²) >= 11 is -2.16. The zero-order chi connectivity index (χ0) is 11.2. The molecule has 4 nitrogen and oxygen atoms in total. The molecule has 0 saturated carbocycles. The van der Waals surface area contributed by atoms with Crippen molar-refractivity contribution >= 4 is 17.0 Å². The zero-order valence-electron chi connectivity index (χ0n) is 8.87. The lowest BCUT2D eigenvalue weighted by Gasteiger charge is -2.21. The van der Waals surface area contributed by atoms with Crippen LogP contribution in [0.5, 0.6) is 0 Å². The van der Waals surface area contributed by atoms with Crippen LogP contribution in [0.1, 0.15) is 33.6 Å². The van der Waals surface area contributed by atoms with Crippen molar-refractivity contribution in [3.63, 3.8) is 0 Å². The Labute approximate surface area is 87.3 Å². The van der Waals surface area contributed by atoms with Crippen molar-refractivity contribution in [1.29, 1.82) is 0 Å². The Bertz CT molecular complexity index is 213. The lowest BCUT2D eigenvalue weighted by molar-refractivity contribution is -0.146. The predicted octanol–water partition coefficient (Wildman–Crippen LogP) is 1.24. The van der Waals surface area contributed by atoms with E-state index in [9.17, 15) is 13.6 Å². The van der Waals surface area contributed by atoms with Crippen molar-refractivity contribution in [2.45, 2.75) is 33.6 Å². The number of carbonyl (C=O) groups excluding carboxylic acids is 1. The van der Waals surface area contributed by atoms with Crippen LogP contribution in [0.25, 0.3) is 0 Å². The molecule has 0 rings (SSSR count). The fourth-order valence-corrected chi connectivity index (χ4v) is 0.950. The minimum atomic E-state index is -2.16. The number of carbonyl (C=O) groups is 1. The van der Waals surface area contributed by atoms with Gasteiger partial charge in [-0.1, -0.05) is 31.9 Å². The third-order valence-corrected chi connectivity index (χ3v) is 2.59. The molecule has 0 aliphatic heterocycles. The molecular formula is C9H17O4S-. The first-order chi connectivity index (χ1) is 6.37. The zero-order valence-corrected chi connectivity index (χ0v) is 9.69. The maximum absolute atomic E-state index is 11.0. The molecule has 0 spiro atoms. The van der Waals surface area contributed by atoms with Gasteiger partial charge in [-0.2, -0.15) is 0 Å². The fraction of sp³-hybridized carbons (Fsp3) is 0.889. The van der Waals surface area contributed by atoms with Gasteiger partial charge in [0.1, 0.15) is 0 Å². The molecule has 14 heavy (non-hydrogen) atoms. The molecule has 0 saturated heterocycles. The van der Waals surface area contributed by atoms with Gasteiger partial charge in [-0.15, -0.1) is 0 Å². The van der Waals surface area contributed by atoms with Crippen molar-refractivity contribution in [1.82, 2.24) is 0 Å². The minimum Gasteiger partial charge on any atom is -0.772 e. The minimum absolute atomic E-state index is 0.0354. The Hall–Kier alpha value is -0.420. The number of hydrogen-bond donors (Lipinski definition) is 0. The highest BCUT2D eigenvalue weighted by Gasteiger charge is 2.17. The van der Waals surface area contributed by atoms with Crippen LogP contribution in [-0.2, 0) is 20.6 Å². The smallest absolute Gasteiger partial charge is 0.306 e. The Kier molecular flexibility index (Phi) is 5.95. The molecule has 0 aromatic heterocycles. The van der Waals surface area contributed by atoms with Crippen LogP contribution in [0.4, 0.5) is 0 Å². The highest BCUT2D eigenvalue weighted by atomic mass is 32.2. The molecule has 0 heterocycles. The van der Waals surface area contributed by atoms with E-state index in [1.807, 2.05) is 20.8 Å². The van der Waals surface area contributed by atoms with E-state index >= 15 is 0 Å². The summed E-state index contributed by atoms with van der Waals surface area (Å²) in [5, 5.41) is 0. The molecule has 0 bridgehead atoms. The summed E-state index contributed by atoms with van der Waals surface area (Å²) < 4.78 is 25.2. The Morgan fingerprint density at radius 2 is 2.07 bits per heavy atom. The second kappa shape index (κ2) is 6.14. The summed E-state index contributed by atoms with van der Waals surface area (Å²) in [6, 6.07) is 0. The van der Waals surface area contributed by atoms with Crippen LogP contribution >= 0.6 is 0 Å². The summed E-state index contributed by atoms with van der Waals surface area (Å²) in [5.74, 6) is -0.610. The second-order valence-corrected chi connectivity index (χ2v) is 4.95. The van der Waals surface area contributed by atoms with E-state index in [-0.39, 0.29) is 17.6 Å². The van der Waals surface area contributed by atoms with Crippen LogP contribution in [0.2, 0.25) is 0 Å². The molecule has 0 aliphatic carbocycles. The second-order valence-electron chi connectivity index (χ2n) is 3.94. The number of hydrogen-bond acceptors (Lipinski definition) is 4. The van der Waals surface area contributed by atoms with Gasteiger partial charge in [0.2, 0.25) is 0 Å². The molecule has 5 heteroatoms. The van der Waals surface area contributed by atoms with Crippen molar-refractivity contribution in [3.8, 4) is 0 Å². The van der Waals surface area contributed by atoms with E-state index in [4.69, 9.17) is 4.74 Å². The number of ether oxygens (including phenoxy) is 1. The van der Waals surface area contributed by atoms with Gasteiger partial charge in [0, 0.05) is 5.75 Å². The van der Waals surface area contributed by atoms with Gasteiger partial charge in [-0.25, -0.2) is 0 Å². The number of rotatable bonds is 6. The molecule has 0 aromatic carbocycles. The van der Waals surface area contributed by atoms with E-state index < -0.39 is 17.0 Å². The van der Waals surface area contributed by atoms with Gasteiger partial charge in [0.15, 0.2) is 0 Å². The molecule has 0 amide bonds. The predicted molar refractivity (Wildman–Crippen MR) is 53.4 cm³/mol. The first-order valence-electron chi connectivity index (χ1n) is 4.59. The third-order valence-electron chi connectivity index (χ3n) is 2.05. The maximum Gasteiger partial charge on any atom is 0.306 e. The van der Waals surface area contributed by atoms with E-state index in [1.165, 1.54) is 0 Å². The van der Waals surface area contributed by atoms with Crippen LogP contribution in [-0.4, -0.2) is 27.1 Å². The first kappa shape index (κ1) is 13.6. The third kappa shape index (κ3) is 7.03. The Morgan fingerprint density at radius 1 is 1.50 bits per heavy atom. The molecule has 0 aliphatic rings. The van der Waals surface area contributed by atoms with Gasteiger partial charge in [-0.3, -0.25) is 9.00 Å². The molecule has 1 atom stereocenters. The van der Waals surface area contributed by atoms with E-state index in [0.717, 1.165) is 6.42 Å². The van der Waals surface area contributed by atoms with E-state index in [1.54, 1.807) is 0 Å². The van der Waals surface area contributed by atoms with Crippen LogP contribution in [0, 0.1) is 5.41 Å². The van der Waals surface area contributed by atoms with E-state index in [0.29, 0.717) is 6.61 Å². The molecular weight excluding hydrogens is 204 g/mol. The average molecular weight is 221 g/mol. The van der Waals surface area contributed by atoms with Crippen molar-refractivity contribution in [2.24, 2.45) is 5.41 Å². The number of esters is 1. The maximum atomic E-state index is 11.0. The van der Waals surface area contributed by atoms with Crippen LogP contribution < -0.4 is 0 Å². The van der Waals surface area contributed by atoms with Crippen LogP contribution in [0.15, 0.2) is 0 Å². The summed E-state index contributed by atoms with van der Waals surface area (Å²) in [6.45, 7) is 6.34. The lowest BCUT2D eigenvalue weighted by atomic mass is 9.92.